The molecule has 0 aliphatic carbocycles. The van der Waals surface area contributed by atoms with Gasteiger partial charge in [-0.15, -0.1) is 0 Å². The van der Waals surface area contributed by atoms with Gasteiger partial charge >= 0.3 is 0 Å². The van der Waals surface area contributed by atoms with E-state index in [0.29, 0.717) is 6.42 Å². The highest BCUT2D eigenvalue weighted by atomic mass is 16.3. The van der Waals surface area contributed by atoms with Crippen molar-refractivity contribution < 1.29 is 11.3 Å². The van der Waals surface area contributed by atoms with Crippen LogP contribution in [-0.2, 0) is 4.79 Å². The first-order valence-electron chi connectivity index (χ1n) is 5.30. The Morgan fingerprint density at radius 1 is 1.42 bits per heavy atom. The maximum atomic E-state index is 11.3. The van der Waals surface area contributed by atoms with Crippen LogP contribution in [0.15, 0.2) is 0 Å². The van der Waals surface area contributed by atoms with Crippen molar-refractivity contribution >= 4 is 5.78 Å². The lowest BCUT2D eigenvalue weighted by Gasteiger charge is -2.07. The number of ketones is 1. The van der Waals surface area contributed by atoms with Crippen molar-refractivity contribution in [3.05, 3.63) is 0 Å². The minimum Gasteiger partial charge on any atom is -0.385 e. The third-order valence-corrected chi connectivity index (χ3v) is 1.85. The molecule has 0 saturated carbocycles. The lowest BCUT2D eigenvalue weighted by molar-refractivity contribution is -0.127. The van der Waals surface area contributed by atoms with Crippen LogP contribution >= 0.6 is 0 Å². The summed E-state index contributed by atoms with van der Waals surface area (Å²) in [5.41, 5.74) is 0. The average Bonchev–Trinajstić information content (AvgIpc) is 2.10. The smallest absolute Gasteiger partial charge is 0.161 e. The van der Waals surface area contributed by atoms with Crippen LogP contribution in [0.4, 0.5) is 0 Å². The molecule has 0 fully saturated rings. The zero-order valence-electron chi connectivity index (χ0n) is 9.10. The summed E-state index contributed by atoms with van der Waals surface area (Å²) in [5.74, 6) is -0.331. The average molecular weight is 173 g/mol. The van der Waals surface area contributed by atoms with E-state index in [1.165, 1.54) is 0 Å². The van der Waals surface area contributed by atoms with Gasteiger partial charge in [0, 0.05) is 6.42 Å². The van der Waals surface area contributed by atoms with Gasteiger partial charge in [-0.2, -0.15) is 0 Å². The lowest BCUT2D eigenvalue weighted by Crippen LogP contribution is -2.19. The van der Waals surface area contributed by atoms with Crippen molar-refractivity contribution in [3.63, 3.8) is 0 Å². The summed E-state index contributed by atoms with van der Waals surface area (Å²) < 4.78 is 7.42. The van der Waals surface area contributed by atoms with E-state index in [1.807, 2.05) is 13.8 Å². The number of aliphatic hydroxyl groups is 1. The van der Waals surface area contributed by atoms with Gasteiger partial charge in [0.25, 0.3) is 0 Å². The number of unbranched alkanes of at least 4 members (excludes halogenated alkanes) is 2. The first-order chi connectivity index (χ1) is 6.04. The maximum absolute atomic E-state index is 11.3. The van der Waals surface area contributed by atoms with Gasteiger partial charge in [-0.1, -0.05) is 33.1 Å². The summed E-state index contributed by atoms with van der Waals surface area (Å²) in [6, 6.07) is 0. The molecule has 0 heterocycles. The lowest BCUT2D eigenvalue weighted by atomic mass is 10.0. The van der Waals surface area contributed by atoms with Gasteiger partial charge < -0.3 is 5.11 Å². The van der Waals surface area contributed by atoms with Gasteiger partial charge in [0.05, 0.1) is 1.37 Å². The zero-order valence-corrected chi connectivity index (χ0v) is 8.10. The fourth-order valence-electron chi connectivity index (χ4n) is 0.965. The Labute approximate surface area is 76.4 Å². The van der Waals surface area contributed by atoms with E-state index < -0.39 is 6.08 Å². The van der Waals surface area contributed by atoms with Gasteiger partial charge in [0.15, 0.2) is 5.78 Å². The van der Waals surface area contributed by atoms with Gasteiger partial charge in [-0.25, -0.2) is 0 Å². The highest BCUT2D eigenvalue weighted by Gasteiger charge is 2.12. The summed E-state index contributed by atoms with van der Waals surface area (Å²) in [6.07, 6.45) is 2.11. The quantitative estimate of drug-likeness (QED) is 0.641. The summed E-state index contributed by atoms with van der Waals surface area (Å²) in [7, 11) is 0. The molecular weight excluding hydrogens is 152 g/mol. The number of hydrogen-bond acceptors (Lipinski definition) is 2. The SMILES string of the molecule is [2H][C@](O)(CCCC)C(=O)CCCC. The van der Waals surface area contributed by atoms with Gasteiger partial charge in [-0.3, -0.25) is 4.79 Å². The minimum atomic E-state index is -1.83. The molecule has 0 aromatic carbocycles. The molecule has 1 atom stereocenters. The molecule has 2 heteroatoms. The molecule has 1 N–H and O–H groups in total. The molecule has 0 bridgehead atoms. The molecule has 0 aliphatic rings. The van der Waals surface area contributed by atoms with Crippen LogP contribution in [0.1, 0.15) is 53.7 Å². The normalized spacial score (nSPS) is 16.8. The monoisotopic (exact) mass is 173 g/mol. The van der Waals surface area contributed by atoms with Crippen molar-refractivity contribution in [2.45, 2.75) is 58.5 Å². The number of Topliss-reactive ketones (excluding diaryl/α,β-unsaturated/α-hetero) is 1. The van der Waals surface area contributed by atoms with Crippen molar-refractivity contribution in [2.24, 2.45) is 0 Å². The molecule has 0 aromatic rings. The van der Waals surface area contributed by atoms with E-state index in [4.69, 9.17) is 1.37 Å². The second-order valence-corrected chi connectivity index (χ2v) is 3.08. The number of carbonyl (C=O) groups excluding carboxylic acids is 1. The van der Waals surface area contributed by atoms with Gasteiger partial charge in [0.1, 0.15) is 6.08 Å². The number of hydrogen-bond donors (Lipinski definition) is 1. The van der Waals surface area contributed by atoms with E-state index in [-0.39, 0.29) is 12.2 Å². The predicted molar refractivity (Wildman–Crippen MR) is 50.1 cm³/mol. The molecule has 0 radical (unpaired) electrons. The molecule has 0 rings (SSSR count). The zero-order chi connectivity index (χ0) is 10.3. The Kier molecular flexibility index (Phi) is 5.90. The fraction of sp³-hybridized carbons (Fsp3) is 0.900. The molecular formula is C10H20O2. The third kappa shape index (κ3) is 5.30. The first kappa shape index (κ1) is 9.72. The maximum Gasteiger partial charge on any atom is 0.161 e. The van der Waals surface area contributed by atoms with Crippen LogP contribution in [0, 0.1) is 0 Å². The van der Waals surface area contributed by atoms with Gasteiger partial charge in [-0.05, 0) is 12.8 Å². The van der Waals surface area contributed by atoms with Crippen LogP contribution in [0.25, 0.3) is 0 Å². The predicted octanol–water partition coefficient (Wildman–Crippen LogP) is 2.30. The number of carbonyl (C=O) groups is 1. The topological polar surface area (TPSA) is 37.3 Å². The Balaban J connectivity index is 3.87. The highest BCUT2D eigenvalue weighted by molar-refractivity contribution is 5.82. The Morgan fingerprint density at radius 2 is 2.00 bits per heavy atom. The third-order valence-electron chi connectivity index (χ3n) is 1.85. The van der Waals surface area contributed by atoms with Crippen LogP contribution < -0.4 is 0 Å². The van der Waals surface area contributed by atoms with Crippen LogP contribution in [0.2, 0.25) is 0 Å². The Hall–Kier alpha value is -0.370. The number of rotatable bonds is 7. The van der Waals surface area contributed by atoms with Crippen molar-refractivity contribution in [1.29, 1.82) is 0 Å². The molecule has 0 aliphatic heterocycles. The molecule has 0 unspecified atom stereocenters. The molecule has 0 saturated heterocycles. The molecule has 0 amide bonds. The molecule has 12 heavy (non-hydrogen) atoms. The van der Waals surface area contributed by atoms with Crippen molar-refractivity contribution in [1.82, 2.24) is 0 Å². The van der Waals surface area contributed by atoms with Crippen LogP contribution in [0.5, 0.6) is 0 Å². The summed E-state index contributed by atoms with van der Waals surface area (Å²) >= 11 is 0. The molecule has 0 aromatic heterocycles. The first-order valence-corrected chi connectivity index (χ1v) is 4.80. The largest absolute Gasteiger partial charge is 0.385 e. The second kappa shape index (κ2) is 7.29. The van der Waals surface area contributed by atoms with E-state index in [9.17, 15) is 9.90 Å². The van der Waals surface area contributed by atoms with E-state index >= 15 is 0 Å². The van der Waals surface area contributed by atoms with Gasteiger partial charge in [0.2, 0.25) is 0 Å². The molecule has 2 nitrogen and oxygen atoms in total. The van der Waals surface area contributed by atoms with Crippen molar-refractivity contribution in [3.8, 4) is 0 Å². The second-order valence-electron chi connectivity index (χ2n) is 3.08. The summed E-state index contributed by atoms with van der Waals surface area (Å²) in [6.45, 7) is 3.97. The summed E-state index contributed by atoms with van der Waals surface area (Å²) in [4.78, 5) is 11.3. The molecule has 72 valence electrons. The fourth-order valence-corrected chi connectivity index (χ4v) is 0.965. The highest BCUT2D eigenvalue weighted by Crippen LogP contribution is 2.05. The summed E-state index contributed by atoms with van der Waals surface area (Å²) in [5, 5.41) is 9.46. The standard InChI is InChI=1S/C10H20O2/c1-3-5-7-9(11)10(12)8-6-4-2/h9,11H,3-8H2,1-2H3/t9-/m0/s1/i9D. The van der Waals surface area contributed by atoms with E-state index in [0.717, 1.165) is 25.7 Å². The van der Waals surface area contributed by atoms with Crippen molar-refractivity contribution in [2.75, 3.05) is 0 Å². The molecule has 0 spiro atoms. The van der Waals surface area contributed by atoms with E-state index in [2.05, 4.69) is 0 Å². The minimum absolute atomic E-state index is 0.270. The Bertz CT molecular complexity index is 155. The van der Waals surface area contributed by atoms with E-state index in [1.54, 1.807) is 0 Å². The van der Waals surface area contributed by atoms with Crippen LogP contribution in [-0.4, -0.2) is 17.0 Å². The Morgan fingerprint density at radius 3 is 2.50 bits per heavy atom. The van der Waals surface area contributed by atoms with Crippen LogP contribution in [0.3, 0.4) is 0 Å².